The number of aromatic nitrogens is 1. The molecule has 1 aromatic carbocycles. The average molecular weight is 326 g/mol. The number of pyridine rings is 1. The van der Waals surface area contributed by atoms with E-state index >= 15 is 0 Å². The van der Waals surface area contributed by atoms with E-state index in [1.165, 1.54) is 4.90 Å². The molecule has 3 rings (SSSR count). The number of benzene rings is 1. The molecule has 1 saturated heterocycles. The minimum absolute atomic E-state index is 0.267. The second-order valence-corrected chi connectivity index (χ2v) is 7.03. The Balaban J connectivity index is 1.41. The van der Waals surface area contributed by atoms with E-state index in [-0.39, 0.29) is 5.91 Å². The molecule has 0 radical (unpaired) electrons. The second-order valence-electron chi connectivity index (χ2n) is 5.94. The highest BCUT2D eigenvalue weighted by Crippen LogP contribution is 2.26. The number of hydrogen-bond acceptors (Lipinski definition) is 3. The fourth-order valence-electron chi connectivity index (χ4n) is 2.87. The van der Waals surface area contributed by atoms with E-state index in [0.717, 1.165) is 37.4 Å². The van der Waals surface area contributed by atoms with E-state index in [9.17, 15) is 4.79 Å². The Hall–Kier alpha value is -1.81. The third-order valence-corrected chi connectivity index (χ3v) is 5.43. The van der Waals surface area contributed by atoms with Gasteiger partial charge in [-0.1, -0.05) is 24.3 Å². The van der Waals surface area contributed by atoms with Crippen LogP contribution >= 0.6 is 11.8 Å². The quantitative estimate of drug-likeness (QED) is 0.760. The van der Waals surface area contributed by atoms with Crippen LogP contribution in [0, 0.1) is 5.92 Å². The van der Waals surface area contributed by atoms with Gasteiger partial charge >= 0.3 is 0 Å². The van der Waals surface area contributed by atoms with Crippen LogP contribution in [0.1, 0.15) is 18.5 Å². The van der Waals surface area contributed by atoms with E-state index < -0.39 is 0 Å². The van der Waals surface area contributed by atoms with Crippen LogP contribution in [0.5, 0.6) is 0 Å². The van der Waals surface area contributed by atoms with E-state index in [1.54, 1.807) is 6.20 Å². The maximum Gasteiger partial charge on any atom is 0.222 e. The molecular formula is C19H22N2OS. The summed E-state index contributed by atoms with van der Waals surface area (Å²) in [5, 5.41) is 0. The number of hydrogen-bond donors (Lipinski definition) is 0. The Morgan fingerprint density at radius 2 is 2.00 bits per heavy atom. The van der Waals surface area contributed by atoms with Gasteiger partial charge in [0, 0.05) is 42.0 Å². The van der Waals surface area contributed by atoms with Gasteiger partial charge in [-0.25, -0.2) is 0 Å². The predicted octanol–water partition coefficient (Wildman–Crippen LogP) is 3.66. The lowest BCUT2D eigenvalue weighted by molar-refractivity contribution is -0.130. The van der Waals surface area contributed by atoms with Crippen LogP contribution in [0.25, 0.3) is 0 Å². The molecule has 1 aliphatic rings. The molecule has 4 heteroatoms. The molecule has 1 fully saturated rings. The zero-order valence-electron chi connectivity index (χ0n) is 13.2. The molecule has 1 aromatic heterocycles. The Morgan fingerprint density at radius 1 is 1.17 bits per heavy atom. The SMILES string of the molecule is O=C(CCc1ccccn1)N1CC[C@H](CSc2ccccc2)C1. The van der Waals surface area contributed by atoms with Gasteiger partial charge in [-0.05, 0) is 43.0 Å². The summed E-state index contributed by atoms with van der Waals surface area (Å²) < 4.78 is 0. The van der Waals surface area contributed by atoms with Gasteiger partial charge in [0.1, 0.15) is 0 Å². The van der Waals surface area contributed by atoms with E-state index in [0.29, 0.717) is 12.3 Å². The van der Waals surface area contributed by atoms with Crippen LogP contribution in [0.3, 0.4) is 0 Å². The van der Waals surface area contributed by atoms with Gasteiger partial charge in [0.15, 0.2) is 0 Å². The molecule has 1 atom stereocenters. The summed E-state index contributed by atoms with van der Waals surface area (Å²) in [4.78, 5) is 20.0. The standard InChI is InChI=1S/C19H22N2OS/c22-19(10-9-17-6-4-5-12-20-17)21-13-11-16(14-21)15-23-18-7-2-1-3-8-18/h1-8,12,16H,9-11,13-15H2/t16-/m0/s1. The van der Waals surface area contributed by atoms with Crippen molar-refractivity contribution in [3.8, 4) is 0 Å². The lowest BCUT2D eigenvalue weighted by Gasteiger charge is -2.16. The lowest BCUT2D eigenvalue weighted by atomic mass is 10.2. The number of nitrogens with zero attached hydrogens (tertiary/aromatic N) is 2. The normalized spacial score (nSPS) is 17.4. The van der Waals surface area contributed by atoms with Crippen molar-refractivity contribution in [1.29, 1.82) is 0 Å². The Bertz CT molecular complexity index is 618. The van der Waals surface area contributed by atoms with Crippen molar-refractivity contribution in [2.75, 3.05) is 18.8 Å². The van der Waals surface area contributed by atoms with Crippen LogP contribution in [0.2, 0.25) is 0 Å². The highest BCUT2D eigenvalue weighted by atomic mass is 32.2. The fourth-order valence-corrected chi connectivity index (χ4v) is 3.91. The van der Waals surface area contributed by atoms with Crippen LogP contribution in [0.4, 0.5) is 0 Å². The summed E-state index contributed by atoms with van der Waals surface area (Å²) in [6, 6.07) is 16.3. The maximum atomic E-state index is 12.3. The van der Waals surface area contributed by atoms with Gasteiger partial charge in [0.2, 0.25) is 5.91 Å². The summed E-state index contributed by atoms with van der Waals surface area (Å²) in [5.74, 6) is 1.97. The number of carbonyl (C=O) groups is 1. The largest absolute Gasteiger partial charge is 0.342 e. The molecule has 23 heavy (non-hydrogen) atoms. The van der Waals surface area contributed by atoms with Crippen molar-refractivity contribution < 1.29 is 4.79 Å². The number of likely N-dealkylation sites (tertiary alicyclic amines) is 1. The van der Waals surface area contributed by atoms with E-state index in [2.05, 4.69) is 29.2 Å². The summed E-state index contributed by atoms with van der Waals surface area (Å²) in [5.41, 5.74) is 0.997. The van der Waals surface area contributed by atoms with Crippen molar-refractivity contribution in [2.45, 2.75) is 24.2 Å². The van der Waals surface area contributed by atoms with Gasteiger partial charge in [-0.2, -0.15) is 0 Å². The number of amides is 1. The lowest BCUT2D eigenvalue weighted by Crippen LogP contribution is -2.29. The Morgan fingerprint density at radius 3 is 2.78 bits per heavy atom. The third-order valence-electron chi connectivity index (χ3n) is 4.19. The highest BCUT2D eigenvalue weighted by molar-refractivity contribution is 7.99. The van der Waals surface area contributed by atoms with E-state index in [4.69, 9.17) is 0 Å². The molecule has 2 aromatic rings. The first-order chi connectivity index (χ1) is 11.3. The van der Waals surface area contributed by atoms with Crippen LogP contribution < -0.4 is 0 Å². The molecule has 2 heterocycles. The zero-order valence-corrected chi connectivity index (χ0v) is 14.0. The molecule has 0 bridgehead atoms. The molecule has 0 spiro atoms. The summed E-state index contributed by atoms with van der Waals surface area (Å²) in [6.45, 7) is 1.81. The smallest absolute Gasteiger partial charge is 0.222 e. The Kier molecular flexibility index (Phi) is 5.70. The summed E-state index contributed by atoms with van der Waals surface area (Å²) >= 11 is 1.89. The highest BCUT2D eigenvalue weighted by Gasteiger charge is 2.25. The van der Waals surface area contributed by atoms with Crippen molar-refractivity contribution in [2.24, 2.45) is 5.92 Å². The molecule has 1 aliphatic heterocycles. The zero-order chi connectivity index (χ0) is 15.9. The second kappa shape index (κ2) is 8.16. The minimum atomic E-state index is 0.267. The summed E-state index contributed by atoms with van der Waals surface area (Å²) in [6.07, 6.45) is 4.21. The molecule has 120 valence electrons. The molecule has 0 N–H and O–H groups in total. The number of rotatable bonds is 6. The first-order valence-electron chi connectivity index (χ1n) is 8.17. The first-order valence-corrected chi connectivity index (χ1v) is 9.15. The van der Waals surface area contributed by atoms with Gasteiger partial charge in [-0.3, -0.25) is 9.78 Å². The van der Waals surface area contributed by atoms with Crippen molar-refractivity contribution >= 4 is 17.7 Å². The predicted molar refractivity (Wildman–Crippen MR) is 94.4 cm³/mol. The first kappa shape index (κ1) is 16.1. The summed E-state index contributed by atoms with van der Waals surface area (Å²) in [7, 11) is 0. The van der Waals surface area contributed by atoms with Crippen LogP contribution in [-0.2, 0) is 11.2 Å². The topological polar surface area (TPSA) is 33.2 Å². The van der Waals surface area contributed by atoms with Gasteiger partial charge in [0.05, 0.1) is 0 Å². The Labute approximate surface area is 142 Å². The number of aryl methyl sites for hydroxylation is 1. The maximum absolute atomic E-state index is 12.3. The van der Waals surface area contributed by atoms with Gasteiger partial charge in [0.25, 0.3) is 0 Å². The van der Waals surface area contributed by atoms with Crippen molar-refractivity contribution in [1.82, 2.24) is 9.88 Å². The van der Waals surface area contributed by atoms with Crippen LogP contribution in [-0.4, -0.2) is 34.6 Å². The number of thioether (sulfide) groups is 1. The monoisotopic (exact) mass is 326 g/mol. The van der Waals surface area contributed by atoms with Crippen molar-refractivity contribution in [3.05, 3.63) is 60.4 Å². The average Bonchev–Trinajstić information content (AvgIpc) is 3.09. The molecular weight excluding hydrogens is 304 g/mol. The van der Waals surface area contributed by atoms with Gasteiger partial charge in [-0.15, -0.1) is 11.8 Å². The van der Waals surface area contributed by atoms with E-state index in [1.807, 2.05) is 40.9 Å². The van der Waals surface area contributed by atoms with Gasteiger partial charge < -0.3 is 4.90 Å². The molecule has 1 amide bonds. The molecule has 0 unspecified atom stereocenters. The third kappa shape index (κ3) is 4.83. The fraction of sp³-hybridized carbons (Fsp3) is 0.368. The molecule has 0 aliphatic carbocycles. The van der Waals surface area contributed by atoms with Crippen molar-refractivity contribution in [3.63, 3.8) is 0 Å². The minimum Gasteiger partial charge on any atom is -0.342 e. The number of carbonyl (C=O) groups excluding carboxylic acids is 1. The molecule has 0 saturated carbocycles. The molecule has 3 nitrogen and oxygen atoms in total. The van der Waals surface area contributed by atoms with Crippen LogP contribution in [0.15, 0.2) is 59.6 Å².